The molecule has 102 valence electrons. The van der Waals surface area contributed by atoms with Crippen LogP contribution in [0.1, 0.15) is 25.8 Å². The zero-order chi connectivity index (χ0) is 13.7. The van der Waals surface area contributed by atoms with Crippen molar-refractivity contribution >= 4 is 5.97 Å². The number of hydrogen-bond acceptors (Lipinski definition) is 3. The van der Waals surface area contributed by atoms with Gasteiger partial charge in [0.2, 0.25) is 0 Å². The standard InChI is InChI=1S/C16H21NO2/c1-12-7-6-10-17-15(13(12)2)16(18)19-11-14-8-4-3-5-9-14/h3-6,8-10,12-13,15,17H,7,11H2,1-2H3/t12-,13+,15?/m0/s1. The number of rotatable bonds is 3. The van der Waals surface area contributed by atoms with Crippen LogP contribution in [0.2, 0.25) is 0 Å². The maximum atomic E-state index is 12.2. The van der Waals surface area contributed by atoms with Crippen molar-refractivity contribution < 1.29 is 9.53 Å². The molecule has 0 aromatic heterocycles. The van der Waals surface area contributed by atoms with E-state index in [4.69, 9.17) is 4.74 Å². The van der Waals surface area contributed by atoms with Gasteiger partial charge in [-0.3, -0.25) is 0 Å². The molecule has 1 N–H and O–H groups in total. The average Bonchev–Trinajstić information content (AvgIpc) is 2.60. The summed E-state index contributed by atoms with van der Waals surface area (Å²) in [4.78, 5) is 12.2. The molecule has 3 atom stereocenters. The number of hydrogen-bond donors (Lipinski definition) is 1. The summed E-state index contributed by atoms with van der Waals surface area (Å²) >= 11 is 0. The second kappa shape index (κ2) is 6.41. The van der Waals surface area contributed by atoms with E-state index < -0.39 is 0 Å². The lowest BCUT2D eigenvalue weighted by atomic mass is 9.87. The van der Waals surface area contributed by atoms with Gasteiger partial charge in [0.1, 0.15) is 12.6 Å². The van der Waals surface area contributed by atoms with Gasteiger partial charge >= 0.3 is 5.97 Å². The SMILES string of the molecule is C[C@H]1CC=CNC(C(=O)OCc2ccccc2)[C@@H]1C. The number of allylic oxidation sites excluding steroid dienone is 1. The molecule has 3 heteroatoms. The molecule has 0 aliphatic carbocycles. The summed E-state index contributed by atoms with van der Waals surface area (Å²) in [5, 5.41) is 3.14. The van der Waals surface area contributed by atoms with E-state index in [0.717, 1.165) is 12.0 Å². The second-order valence-corrected chi connectivity index (χ2v) is 5.21. The predicted molar refractivity (Wildman–Crippen MR) is 75.2 cm³/mol. The molecule has 1 aliphatic rings. The molecule has 0 amide bonds. The first-order valence-corrected chi connectivity index (χ1v) is 6.80. The van der Waals surface area contributed by atoms with Gasteiger partial charge in [-0.05, 0) is 30.0 Å². The van der Waals surface area contributed by atoms with Crippen molar-refractivity contribution in [2.24, 2.45) is 11.8 Å². The predicted octanol–water partition coefficient (Wildman–Crippen LogP) is 2.88. The van der Waals surface area contributed by atoms with Gasteiger partial charge in [-0.25, -0.2) is 4.79 Å². The monoisotopic (exact) mass is 259 g/mol. The quantitative estimate of drug-likeness (QED) is 0.848. The fourth-order valence-corrected chi connectivity index (χ4v) is 2.25. The van der Waals surface area contributed by atoms with Crippen LogP contribution < -0.4 is 5.32 Å². The van der Waals surface area contributed by atoms with Crippen LogP contribution in [0, 0.1) is 11.8 Å². The molecule has 3 nitrogen and oxygen atoms in total. The van der Waals surface area contributed by atoms with Crippen LogP contribution in [0.25, 0.3) is 0 Å². The highest BCUT2D eigenvalue weighted by atomic mass is 16.5. The molecule has 0 saturated heterocycles. The van der Waals surface area contributed by atoms with Gasteiger partial charge in [0.05, 0.1) is 0 Å². The Morgan fingerprint density at radius 2 is 2.05 bits per heavy atom. The van der Waals surface area contributed by atoms with Gasteiger partial charge in [0, 0.05) is 0 Å². The molecule has 0 fully saturated rings. The van der Waals surface area contributed by atoms with E-state index in [2.05, 4.69) is 25.2 Å². The lowest BCUT2D eigenvalue weighted by Gasteiger charge is -2.25. The Kier molecular flexibility index (Phi) is 4.61. The number of carbonyl (C=O) groups is 1. The van der Waals surface area contributed by atoms with Crippen molar-refractivity contribution in [2.75, 3.05) is 0 Å². The van der Waals surface area contributed by atoms with E-state index in [9.17, 15) is 4.79 Å². The molecular weight excluding hydrogens is 238 g/mol. The summed E-state index contributed by atoms with van der Waals surface area (Å²) in [7, 11) is 0. The number of ether oxygens (including phenoxy) is 1. The summed E-state index contributed by atoms with van der Waals surface area (Å²) < 4.78 is 5.41. The molecule has 1 aromatic rings. The van der Waals surface area contributed by atoms with E-state index in [1.807, 2.05) is 36.5 Å². The molecule has 2 rings (SSSR count). The van der Waals surface area contributed by atoms with Gasteiger partial charge < -0.3 is 10.1 Å². The normalized spacial score (nSPS) is 26.3. The van der Waals surface area contributed by atoms with Crippen molar-refractivity contribution in [2.45, 2.75) is 32.9 Å². The van der Waals surface area contributed by atoms with Crippen LogP contribution in [-0.2, 0) is 16.1 Å². The third-order valence-corrected chi connectivity index (χ3v) is 3.80. The van der Waals surface area contributed by atoms with Gasteiger partial charge in [-0.15, -0.1) is 0 Å². The Hall–Kier alpha value is -1.77. The highest BCUT2D eigenvalue weighted by Crippen LogP contribution is 2.22. The first-order valence-electron chi connectivity index (χ1n) is 6.80. The molecule has 1 unspecified atom stereocenters. The molecule has 1 heterocycles. The second-order valence-electron chi connectivity index (χ2n) is 5.21. The molecule has 1 aromatic carbocycles. The minimum absolute atomic E-state index is 0.172. The Labute approximate surface area is 114 Å². The maximum absolute atomic E-state index is 12.2. The van der Waals surface area contributed by atoms with Crippen molar-refractivity contribution in [1.82, 2.24) is 5.32 Å². The molecular formula is C16H21NO2. The number of benzene rings is 1. The van der Waals surface area contributed by atoms with E-state index in [1.54, 1.807) is 0 Å². The van der Waals surface area contributed by atoms with Gasteiger partial charge in [0.15, 0.2) is 0 Å². The molecule has 0 bridgehead atoms. The highest BCUT2D eigenvalue weighted by Gasteiger charge is 2.30. The fraction of sp³-hybridized carbons (Fsp3) is 0.438. The first-order chi connectivity index (χ1) is 9.18. The molecule has 0 spiro atoms. The Morgan fingerprint density at radius 1 is 1.32 bits per heavy atom. The number of esters is 1. The molecule has 0 radical (unpaired) electrons. The Bertz CT molecular complexity index is 441. The Balaban J connectivity index is 1.93. The summed E-state index contributed by atoms with van der Waals surface area (Å²) in [5.41, 5.74) is 1.01. The zero-order valence-corrected chi connectivity index (χ0v) is 11.5. The van der Waals surface area contributed by atoms with E-state index in [0.29, 0.717) is 12.5 Å². The smallest absolute Gasteiger partial charge is 0.329 e. The summed E-state index contributed by atoms with van der Waals surface area (Å²) in [6.45, 7) is 4.60. The highest BCUT2D eigenvalue weighted by molar-refractivity contribution is 5.76. The Morgan fingerprint density at radius 3 is 2.79 bits per heavy atom. The van der Waals surface area contributed by atoms with E-state index in [-0.39, 0.29) is 17.9 Å². The first kappa shape index (κ1) is 13.7. The van der Waals surface area contributed by atoms with Crippen LogP contribution in [0.15, 0.2) is 42.6 Å². The van der Waals surface area contributed by atoms with Gasteiger partial charge in [-0.1, -0.05) is 50.3 Å². The third-order valence-electron chi connectivity index (χ3n) is 3.80. The van der Waals surface area contributed by atoms with Crippen LogP contribution in [0.3, 0.4) is 0 Å². The zero-order valence-electron chi connectivity index (χ0n) is 11.5. The van der Waals surface area contributed by atoms with Crippen LogP contribution >= 0.6 is 0 Å². The van der Waals surface area contributed by atoms with Crippen LogP contribution in [0.5, 0.6) is 0 Å². The van der Waals surface area contributed by atoms with Gasteiger partial charge in [0.25, 0.3) is 0 Å². The molecule has 19 heavy (non-hydrogen) atoms. The van der Waals surface area contributed by atoms with Crippen molar-refractivity contribution in [3.63, 3.8) is 0 Å². The largest absolute Gasteiger partial charge is 0.459 e. The molecule has 0 saturated carbocycles. The number of nitrogens with one attached hydrogen (secondary N) is 1. The fourth-order valence-electron chi connectivity index (χ4n) is 2.25. The van der Waals surface area contributed by atoms with Crippen molar-refractivity contribution in [3.05, 3.63) is 48.2 Å². The minimum atomic E-state index is -0.252. The maximum Gasteiger partial charge on any atom is 0.329 e. The van der Waals surface area contributed by atoms with Gasteiger partial charge in [-0.2, -0.15) is 0 Å². The summed E-state index contributed by atoms with van der Waals surface area (Å²) in [5.74, 6) is 0.563. The average molecular weight is 259 g/mol. The van der Waals surface area contributed by atoms with Crippen LogP contribution in [-0.4, -0.2) is 12.0 Å². The van der Waals surface area contributed by atoms with Crippen LogP contribution in [0.4, 0.5) is 0 Å². The lowest BCUT2D eigenvalue weighted by molar-refractivity contribution is -0.149. The van der Waals surface area contributed by atoms with Crippen molar-refractivity contribution in [3.8, 4) is 0 Å². The summed E-state index contributed by atoms with van der Waals surface area (Å²) in [6, 6.07) is 9.50. The third kappa shape index (κ3) is 3.60. The molecule has 1 aliphatic heterocycles. The van der Waals surface area contributed by atoms with E-state index >= 15 is 0 Å². The number of carbonyl (C=O) groups excluding carboxylic acids is 1. The van der Waals surface area contributed by atoms with E-state index in [1.165, 1.54) is 0 Å². The topological polar surface area (TPSA) is 38.3 Å². The minimum Gasteiger partial charge on any atom is -0.459 e. The summed E-state index contributed by atoms with van der Waals surface area (Å²) in [6.07, 6.45) is 4.94. The lowest BCUT2D eigenvalue weighted by Crippen LogP contribution is -2.41. The van der Waals surface area contributed by atoms with Crippen molar-refractivity contribution in [1.29, 1.82) is 0 Å².